The van der Waals surface area contributed by atoms with Crippen LogP contribution in [0.3, 0.4) is 0 Å². The first-order valence-electron chi connectivity index (χ1n) is 7.43. The summed E-state index contributed by atoms with van der Waals surface area (Å²) in [5.74, 6) is 1.70. The van der Waals surface area contributed by atoms with Crippen molar-refractivity contribution in [3.63, 3.8) is 0 Å². The molecule has 0 saturated heterocycles. The summed E-state index contributed by atoms with van der Waals surface area (Å²) >= 11 is 12.3. The Kier molecular flexibility index (Phi) is 5.06. The normalized spacial score (nSPS) is 10.9. The lowest BCUT2D eigenvalue weighted by Gasteiger charge is -2.05. The molecule has 4 heteroatoms. The monoisotopic (exact) mass is 345 g/mol. The Morgan fingerprint density at radius 3 is 2.52 bits per heavy atom. The Morgan fingerprint density at radius 1 is 0.913 bits per heavy atom. The molecule has 0 fully saturated rings. The summed E-state index contributed by atoms with van der Waals surface area (Å²) in [6, 6.07) is 17.7. The van der Waals surface area contributed by atoms with Gasteiger partial charge in [-0.3, -0.25) is 0 Å². The quantitative estimate of drug-likeness (QED) is 0.627. The lowest BCUT2D eigenvalue weighted by molar-refractivity contribution is 0.493. The van der Waals surface area contributed by atoms with E-state index in [4.69, 9.17) is 27.6 Å². The molecule has 1 aromatic heterocycles. The molecule has 0 atom stereocenters. The molecule has 0 aliphatic carbocycles. The van der Waals surface area contributed by atoms with Crippen LogP contribution in [-0.4, -0.2) is 0 Å². The summed E-state index contributed by atoms with van der Waals surface area (Å²) < 4.78 is 5.88. The fourth-order valence-electron chi connectivity index (χ4n) is 2.34. The zero-order valence-electron chi connectivity index (χ0n) is 12.8. The molecule has 0 saturated carbocycles. The number of aryl methyl sites for hydroxylation is 1. The molecule has 118 valence electrons. The van der Waals surface area contributed by atoms with Crippen LogP contribution < -0.4 is 5.32 Å². The van der Waals surface area contributed by atoms with Gasteiger partial charge in [0.05, 0.1) is 6.54 Å². The van der Waals surface area contributed by atoms with E-state index < -0.39 is 0 Å². The molecule has 0 radical (unpaired) electrons. The summed E-state index contributed by atoms with van der Waals surface area (Å²) in [7, 11) is 0. The molecule has 1 heterocycles. The number of furan rings is 1. The summed E-state index contributed by atoms with van der Waals surface area (Å²) in [4.78, 5) is 0. The Bertz CT molecular complexity index is 811. The average Bonchev–Trinajstić information content (AvgIpc) is 3.01. The van der Waals surface area contributed by atoms with Crippen LogP contribution in [0.2, 0.25) is 10.0 Å². The van der Waals surface area contributed by atoms with Gasteiger partial charge in [0.25, 0.3) is 0 Å². The van der Waals surface area contributed by atoms with E-state index in [9.17, 15) is 0 Å². The molecular formula is C19H17Cl2NO. The highest BCUT2D eigenvalue weighted by Gasteiger charge is 2.07. The van der Waals surface area contributed by atoms with Crippen LogP contribution >= 0.6 is 23.2 Å². The molecule has 3 rings (SSSR count). The Hall–Kier alpha value is -1.74. The third kappa shape index (κ3) is 3.97. The molecule has 0 unspecified atom stereocenters. The van der Waals surface area contributed by atoms with Gasteiger partial charge in [0.2, 0.25) is 0 Å². The minimum atomic E-state index is 0.644. The van der Waals surface area contributed by atoms with Gasteiger partial charge in [0.15, 0.2) is 0 Å². The lowest BCUT2D eigenvalue weighted by atomic mass is 10.1. The molecule has 2 nitrogen and oxygen atoms in total. The van der Waals surface area contributed by atoms with Crippen LogP contribution in [0.15, 0.2) is 59.0 Å². The van der Waals surface area contributed by atoms with Crippen molar-refractivity contribution in [3.8, 4) is 11.3 Å². The largest absolute Gasteiger partial charge is 0.460 e. The maximum Gasteiger partial charge on any atom is 0.134 e. The summed E-state index contributed by atoms with van der Waals surface area (Å²) in [6.45, 7) is 3.33. The number of nitrogens with one attached hydrogen (secondary N) is 1. The van der Waals surface area contributed by atoms with Crippen molar-refractivity contribution >= 4 is 23.2 Å². The van der Waals surface area contributed by atoms with Crippen molar-refractivity contribution in [1.82, 2.24) is 5.32 Å². The number of hydrogen-bond acceptors (Lipinski definition) is 2. The van der Waals surface area contributed by atoms with Gasteiger partial charge < -0.3 is 9.73 Å². The van der Waals surface area contributed by atoms with Gasteiger partial charge in [-0.25, -0.2) is 0 Å². The molecule has 0 bridgehead atoms. The van der Waals surface area contributed by atoms with Gasteiger partial charge in [-0.15, -0.1) is 0 Å². The summed E-state index contributed by atoms with van der Waals surface area (Å²) in [6.07, 6.45) is 0. The van der Waals surface area contributed by atoms with Gasteiger partial charge in [-0.1, -0.05) is 53.5 Å². The van der Waals surface area contributed by atoms with Crippen molar-refractivity contribution in [1.29, 1.82) is 0 Å². The maximum absolute atomic E-state index is 6.17. The van der Waals surface area contributed by atoms with Gasteiger partial charge in [0, 0.05) is 22.2 Å². The average molecular weight is 346 g/mol. The van der Waals surface area contributed by atoms with E-state index in [-0.39, 0.29) is 0 Å². The highest BCUT2D eigenvalue weighted by Crippen LogP contribution is 2.27. The number of benzene rings is 2. The molecule has 3 aromatic rings. The van der Waals surface area contributed by atoms with Crippen LogP contribution in [0, 0.1) is 6.92 Å². The lowest BCUT2D eigenvalue weighted by Crippen LogP contribution is -2.12. The van der Waals surface area contributed by atoms with Crippen LogP contribution in [0.1, 0.15) is 16.9 Å². The highest BCUT2D eigenvalue weighted by atomic mass is 35.5. The Balaban J connectivity index is 1.63. The molecule has 23 heavy (non-hydrogen) atoms. The Morgan fingerprint density at radius 2 is 1.74 bits per heavy atom. The molecular weight excluding hydrogens is 329 g/mol. The molecule has 0 spiro atoms. The molecule has 2 aromatic carbocycles. The topological polar surface area (TPSA) is 25.2 Å². The van der Waals surface area contributed by atoms with Crippen molar-refractivity contribution < 1.29 is 4.42 Å². The van der Waals surface area contributed by atoms with E-state index in [2.05, 4.69) is 5.32 Å². The van der Waals surface area contributed by atoms with Gasteiger partial charge in [0.1, 0.15) is 11.5 Å². The van der Waals surface area contributed by atoms with Crippen molar-refractivity contribution in [2.24, 2.45) is 0 Å². The third-order valence-corrected chi connectivity index (χ3v) is 4.47. The fourth-order valence-corrected chi connectivity index (χ4v) is 2.72. The summed E-state index contributed by atoms with van der Waals surface area (Å²) in [5, 5.41) is 4.86. The van der Waals surface area contributed by atoms with Gasteiger partial charge in [-0.05, 0) is 42.3 Å². The van der Waals surface area contributed by atoms with Crippen molar-refractivity contribution in [3.05, 3.63) is 81.5 Å². The summed E-state index contributed by atoms with van der Waals surface area (Å²) in [5.41, 5.74) is 3.12. The molecule has 0 amide bonds. The first-order valence-corrected chi connectivity index (χ1v) is 8.18. The fraction of sp³-hybridized carbons (Fsp3) is 0.158. The third-order valence-electron chi connectivity index (χ3n) is 3.69. The second-order valence-electron chi connectivity index (χ2n) is 5.42. The SMILES string of the molecule is Cc1ccc(-c2ccc(CNCc3ccccc3Cl)o2)cc1Cl. The van der Waals surface area contributed by atoms with E-state index in [0.717, 1.165) is 38.3 Å². The van der Waals surface area contributed by atoms with E-state index in [0.29, 0.717) is 13.1 Å². The predicted molar refractivity (Wildman–Crippen MR) is 95.9 cm³/mol. The minimum absolute atomic E-state index is 0.644. The van der Waals surface area contributed by atoms with E-state index in [1.165, 1.54) is 0 Å². The van der Waals surface area contributed by atoms with Crippen LogP contribution in [0.4, 0.5) is 0 Å². The van der Waals surface area contributed by atoms with Crippen molar-refractivity contribution in [2.45, 2.75) is 20.0 Å². The second kappa shape index (κ2) is 7.22. The van der Waals surface area contributed by atoms with Crippen LogP contribution in [0.25, 0.3) is 11.3 Å². The van der Waals surface area contributed by atoms with E-state index in [1.54, 1.807) is 0 Å². The second-order valence-corrected chi connectivity index (χ2v) is 6.24. The van der Waals surface area contributed by atoms with Crippen molar-refractivity contribution in [2.75, 3.05) is 0 Å². The molecule has 1 N–H and O–H groups in total. The molecule has 0 aliphatic heterocycles. The van der Waals surface area contributed by atoms with Crippen LogP contribution in [0.5, 0.6) is 0 Å². The zero-order chi connectivity index (χ0) is 16.2. The number of halogens is 2. The smallest absolute Gasteiger partial charge is 0.134 e. The first kappa shape index (κ1) is 16.1. The number of rotatable bonds is 5. The zero-order valence-corrected chi connectivity index (χ0v) is 14.3. The highest BCUT2D eigenvalue weighted by molar-refractivity contribution is 6.31. The van der Waals surface area contributed by atoms with E-state index >= 15 is 0 Å². The first-order chi connectivity index (χ1) is 11.1. The minimum Gasteiger partial charge on any atom is -0.460 e. The standard InChI is InChI=1S/C19H17Cl2NO/c1-13-6-7-14(10-18(13)21)19-9-8-16(23-19)12-22-11-15-4-2-3-5-17(15)20/h2-10,22H,11-12H2,1H3. The Labute approximate surface area is 146 Å². The van der Waals surface area contributed by atoms with Gasteiger partial charge in [-0.2, -0.15) is 0 Å². The van der Waals surface area contributed by atoms with E-state index in [1.807, 2.05) is 61.5 Å². The maximum atomic E-state index is 6.17. The number of hydrogen-bond donors (Lipinski definition) is 1. The van der Waals surface area contributed by atoms with Crippen LogP contribution in [-0.2, 0) is 13.1 Å². The van der Waals surface area contributed by atoms with Gasteiger partial charge >= 0.3 is 0 Å². The molecule has 0 aliphatic rings. The predicted octanol–water partition coefficient (Wildman–Crippen LogP) is 5.85.